The fourth-order valence-corrected chi connectivity index (χ4v) is 4.44. The molecule has 1 aliphatic heterocycles. The summed E-state index contributed by atoms with van der Waals surface area (Å²) in [4.78, 5) is 25.0. The van der Waals surface area contributed by atoms with Crippen LogP contribution in [-0.2, 0) is 30.9 Å². The second-order valence-corrected chi connectivity index (χ2v) is 8.91. The summed E-state index contributed by atoms with van der Waals surface area (Å²) in [6.45, 7) is 6.92. The molecule has 7 nitrogen and oxygen atoms in total. The third-order valence-electron chi connectivity index (χ3n) is 4.17. The van der Waals surface area contributed by atoms with E-state index in [-0.39, 0.29) is 13.0 Å². The molecule has 10 heteroatoms. The maximum atomic E-state index is 12.8. The average Bonchev–Trinajstić information content (AvgIpc) is 2.62. The number of likely N-dealkylation sites (tertiary alicyclic amines) is 1. The highest BCUT2D eigenvalue weighted by molar-refractivity contribution is 8.09. The molecule has 1 N–H and O–H groups in total. The molecule has 1 amide bonds. The highest BCUT2D eigenvalue weighted by atomic mass is 35.7. The summed E-state index contributed by atoms with van der Waals surface area (Å²) in [5.74, 6) is -0.434. The van der Waals surface area contributed by atoms with Crippen LogP contribution in [-0.4, -0.2) is 44.1 Å². The molecule has 1 aromatic rings. The summed E-state index contributed by atoms with van der Waals surface area (Å²) in [5, 5.41) is 2.79. The van der Waals surface area contributed by atoms with Crippen LogP contribution in [0.15, 0.2) is 36.4 Å². The highest BCUT2D eigenvalue weighted by Gasteiger charge is 2.60. The normalized spacial score (nSPS) is 20.6. The van der Waals surface area contributed by atoms with Crippen molar-refractivity contribution in [1.82, 2.24) is 10.2 Å². The quantitative estimate of drug-likeness (QED) is 0.217. The number of amides is 1. The monoisotopic (exact) mass is 444 g/mol. The molecule has 1 saturated heterocycles. The van der Waals surface area contributed by atoms with Crippen molar-refractivity contribution in [2.45, 2.75) is 37.9 Å². The standard InChI is InChI=1S/C18H21ClN2O5S2/c1-11(2)16(17(23)26-10-13-5-7-14(25-4)8-6-13)21-15(22)9-18(21,28(19)24)20-12(3)27/h5-8,16H,1,9-10H2,2-4H3,(H,20,27). The van der Waals surface area contributed by atoms with Crippen LogP contribution in [0.25, 0.3) is 0 Å². The predicted molar refractivity (Wildman–Crippen MR) is 111 cm³/mol. The number of nitrogens with one attached hydrogen (secondary N) is 1. The van der Waals surface area contributed by atoms with Crippen LogP contribution in [0.5, 0.6) is 5.75 Å². The fraction of sp³-hybridized carbons (Fsp3) is 0.389. The number of rotatable bonds is 8. The summed E-state index contributed by atoms with van der Waals surface area (Å²) in [6, 6.07) is 5.85. The van der Waals surface area contributed by atoms with Gasteiger partial charge in [0, 0.05) is 0 Å². The van der Waals surface area contributed by atoms with Crippen LogP contribution in [0.2, 0.25) is 0 Å². The van der Waals surface area contributed by atoms with Gasteiger partial charge in [0.15, 0.2) is 16.1 Å². The summed E-state index contributed by atoms with van der Waals surface area (Å²) in [6.07, 6.45) is -0.160. The van der Waals surface area contributed by atoms with Gasteiger partial charge in [-0.3, -0.25) is 9.69 Å². The van der Waals surface area contributed by atoms with Crippen molar-refractivity contribution in [2.75, 3.05) is 7.11 Å². The first-order chi connectivity index (χ1) is 13.1. The Kier molecular flexibility index (Phi) is 7.19. The molecule has 1 fully saturated rings. The zero-order valence-corrected chi connectivity index (χ0v) is 18.1. The lowest BCUT2D eigenvalue weighted by atomic mass is 9.99. The number of halogens is 1. The number of methoxy groups -OCH3 is 1. The number of carbonyl (C=O) groups is 2. The second kappa shape index (κ2) is 9.02. The molecular formula is C18H21ClN2O5S2. The Morgan fingerprint density at radius 1 is 1.43 bits per heavy atom. The zero-order valence-electron chi connectivity index (χ0n) is 15.7. The molecule has 1 aromatic carbocycles. The van der Waals surface area contributed by atoms with E-state index in [1.807, 2.05) is 0 Å². The Balaban J connectivity index is 2.21. The SMILES string of the molecule is C=C(C)C(C(=O)OCc1ccc(OC)cc1)N1C(=O)CC1(NC(C)=S)S(=O)Cl. The largest absolute Gasteiger partial charge is 0.497 e. The molecule has 0 aromatic heterocycles. The molecule has 0 saturated carbocycles. The number of ether oxygens (including phenoxy) is 2. The molecule has 3 unspecified atom stereocenters. The van der Waals surface area contributed by atoms with Crippen molar-refractivity contribution in [3.8, 4) is 5.75 Å². The van der Waals surface area contributed by atoms with E-state index in [9.17, 15) is 13.8 Å². The molecule has 0 radical (unpaired) electrons. The van der Waals surface area contributed by atoms with Crippen molar-refractivity contribution in [3.63, 3.8) is 0 Å². The highest BCUT2D eigenvalue weighted by Crippen LogP contribution is 2.38. The van der Waals surface area contributed by atoms with Crippen molar-refractivity contribution >= 4 is 49.8 Å². The van der Waals surface area contributed by atoms with Crippen LogP contribution < -0.4 is 10.1 Å². The van der Waals surface area contributed by atoms with Crippen molar-refractivity contribution in [1.29, 1.82) is 0 Å². The van der Waals surface area contributed by atoms with Gasteiger partial charge in [-0.1, -0.05) is 30.9 Å². The molecule has 0 aliphatic carbocycles. The van der Waals surface area contributed by atoms with E-state index in [0.717, 1.165) is 10.5 Å². The van der Waals surface area contributed by atoms with Gasteiger partial charge in [0.25, 0.3) is 0 Å². The Bertz CT molecular complexity index is 830. The second-order valence-electron chi connectivity index (χ2n) is 6.33. The van der Waals surface area contributed by atoms with E-state index in [2.05, 4.69) is 11.9 Å². The number of esters is 1. The molecule has 28 heavy (non-hydrogen) atoms. The first-order valence-electron chi connectivity index (χ1n) is 8.26. The predicted octanol–water partition coefficient (Wildman–Crippen LogP) is 2.41. The topological polar surface area (TPSA) is 84.9 Å². The average molecular weight is 445 g/mol. The maximum absolute atomic E-state index is 12.8. The van der Waals surface area contributed by atoms with Gasteiger partial charge in [-0.2, -0.15) is 0 Å². The van der Waals surface area contributed by atoms with Crippen LogP contribution in [0.1, 0.15) is 25.8 Å². The lowest BCUT2D eigenvalue weighted by Crippen LogP contribution is -2.76. The number of benzene rings is 1. The maximum Gasteiger partial charge on any atom is 0.333 e. The van der Waals surface area contributed by atoms with Crippen LogP contribution in [0.4, 0.5) is 0 Å². The molecule has 1 aliphatic rings. The van der Waals surface area contributed by atoms with E-state index in [1.54, 1.807) is 45.2 Å². The number of hydrogen-bond acceptors (Lipinski definition) is 6. The summed E-state index contributed by atoms with van der Waals surface area (Å²) in [5.41, 5.74) is 1.09. The van der Waals surface area contributed by atoms with Crippen LogP contribution in [0, 0.1) is 0 Å². The summed E-state index contributed by atoms with van der Waals surface area (Å²) >= 11 is 5.02. The van der Waals surface area contributed by atoms with E-state index in [0.29, 0.717) is 16.3 Å². The van der Waals surface area contributed by atoms with Crippen molar-refractivity contribution in [2.24, 2.45) is 0 Å². The zero-order chi connectivity index (χ0) is 21.1. The number of carbonyl (C=O) groups excluding carboxylic acids is 2. The fourth-order valence-electron chi connectivity index (χ4n) is 2.87. The number of β-lactam (4-membered cyclic amide) rings is 1. The van der Waals surface area contributed by atoms with Gasteiger partial charge < -0.3 is 14.8 Å². The summed E-state index contributed by atoms with van der Waals surface area (Å²) in [7, 11) is 5.38. The first kappa shape index (κ1) is 22.3. The molecule has 1 heterocycles. The molecule has 0 bridgehead atoms. The molecular weight excluding hydrogens is 424 g/mol. The minimum atomic E-state index is -2.03. The Labute approximate surface area is 176 Å². The van der Waals surface area contributed by atoms with Gasteiger partial charge >= 0.3 is 5.97 Å². The third-order valence-corrected chi connectivity index (χ3v) is 6.02. The van der Waals surface area contributed by atoms with Crippen molar-refractivity contribution < 1.29 is 23.3 Å². The lowest BCUT2D eigenvalue weighted by molar-refractivity contribution is -0.167. The van der Waals surface area contributed by atoms with Gasteiger partial charge in [-0.25, -0.2) is 9.00 Å². The Hall–Kier alpha value is -1.97. The van der Waals surface area contributed by atoms with Gasteiger partial charge in [0.05, 0.1) is 18.5 Å². The van der Waals surface area contributed by atoms with Gasteiger partial charge in [-0.15, -0.1) is 0 Å². The summed E-state index contributed by atoms with van der Waals surface area (Å²) < 4.78 is 22.7. The smallest absolute Gasteiger partial charge is 0.333 e. The number of hydrogen-bond donors (Lipinski definition) is 1. The molecule has 152 valence electrons. The van der Waals surface area contributed by atoms with E-state index in [1.165, 1.54) is 0 Å². The number of nitrogens with zero attached hydrogens (tertiary/aromatic N) is 1. The minimum absolute atomic E-state index is 0.00871. The number of thiocarbonyl (C=S) groups is 1. The van der Waals surface area contributed by atoms with E-state index in [4.69, 9.17) is 32.4 Å². The Morgan fingerprint density at radius 3 is 2.46 bits per heavy atom. The molecule has 2 rings (SSSR count). The first-order valence-corrected chi connectivity index (χ1v) is 10.6. The van der Waals surface area contributed by atoms with E-state index < -0.39 is 32.9 Å². The van der Waals surface area contributed by atoms with Gasteiger partial charge in [0.2, 0.25) is 10.9 Å². The van der Waals surface area contributed by atoms with Crippen LogP contribution in [0.3, 0.4) is 0 Å². The van der Waals surface area contributed by atoms with Crippen molar-refractivity contribution in [3.05, 3.63) is 42.0 Å². The Morgan fingerprint density at radius 2 is 2.04 bits per heavy atom. The van der Waals surface area contributed by atoms with Gasteiger partial charge in [-0.05, 0) is 47.8 Å². The van der Waals surface area contributed by atoms with Crippen LogP contribution >= 0.6 is 22.9 Å². The third kappa shape index (κ3) is 4.53. The molecule has 0 spiro atoms. The lowest BCUT2D eigenvalue weighted by Gasteiger charge is -2.52. The molecule has 3 atom stereocenters. The minimum Gasteiger partial charge on any atom is -0.497 e. The van der Waals surface area contributed by atoms with Gasteiger partial charge in [0.1, 0.15) is 12.4 Å². The van der Waals surface area contributed by atoms with E-state index >= 15 is 0 Å².